The van der Waals surface area contributed by atoms with Gasteiger partial charge in [0, 0.05) is 26.1 Å². The molecule has 2 amide bonds. The van der Waals surface area contributed by atoms with Crippen molar-refractivity contribution in [2.24, 2.45) is 0 Å². The number of piperidine rings is 1. The molecule has 0 aromatic rings. The van der Waals surface area contributed by atoms with E-state index < -0.39 is 5.97 Å². The first-order valence-electron chi connectivity index (χ1n) is 6.39. The molecular weight excluding hydrogens is 248 g/mol. The number of carbonyl (C=O) groups is 2. The van der Waals surface area contributed by atoms with Gasteiger partial charge in [-0.3, -0.25) is 0 Å². The fourth-order valence-electron chi connectivity index (χ4n) is 1.88. The Balaban J connectivity index is 2.19. The third kappa shape index (κ3) is 6.11. The van der Waals surface area contributed by atoms with E-state index in [2.05, 4.69) is 17.2 Å². The summed E-state index contributed by atoms with van der Waals surface area (Å²) in [6.45, 7) is 3.23. The summed E-state index contributed by atoms with van der Waals surface area (Å²) in [4.78, 5) is 23.9. The van der Waals surface area contributed by atoms with Gasteiger partial charge >= 0.3 is 12.0 Å². The van der Waals surface area contributed by atoms with Crippen LogP contribution in [0.4, 0.5) is 4.79 Å². The van der Waals surface area contributed by atoms with Crippen molar-refractivity contribution in [3.63, 3.8) is 0 Å². The zero-order valence-corrected chi connectivity index (χ0v) is 11.1. The van der Waals surface area contributed by atoms with Gasteiger partial charge in [0.25, 0.3) is 0 Å². The number of hydrogen-bond acceptors (Lipinski definition) is 3. The van der Waals surface area contributed by atoms with Gasteiger partial charge in [-0.1, -0.05) is 0 Å². The molecule has 1 aliphatic heterocycles. The Kier molecular flexibility index (Phi) is 6.75. The van der Waals surface area contributed by atoms with Crippen LogP contribution in [0.15, 0.2) is 0 Å². The smallest absolute Gasteiger partial charge is 0.329 e. The van der Waals surface area contributed by atoms with Crippen LogP contribution in [0, 0.1) is 11.8 Å². The molecule has 19 heavy (non-hydrogen) atoms. The number of amides is 2. The quantitative estimate of drug-likeness (QED) is 0.567. The van der Waals surface area contributed by atoms with Crippen LogP contribution < -0.4 is 5.32 Å². The van der Waals surface area contributed by atoms with Crippen LogP contribution in [0.25, 0.3) is 0 Å². The summed E-state index contributed by atoms with van der Waals surface area (Å²) < 4.78 is 5.21. The highest BCUT2D eigenvalue weighted by Gasteiger charge is 2.23. The summed E-state index contributed by atoms with van der Waals surface area (Å²) in [6, 6.07) is -0.0883. The predicted molar refractivity (Wildman–Crippen MR) is 69.6 cm³/mol. The van der Waals surface area contributed by atoms with E-state index in [1.54, 1.807) is 11.8 Å². The zero-order valence-electron chi connectivity index (χ0n) is 11.1. The molecule has 1 rings (SSSR count). The number of rotatable bonds is 5. The number of urea groups is 1. The summed E-state index contributed by atoms with van der Waals surface area (Å²) in [5.41, 5.74) is 0. The van der Waals surface area contributed by atoms with E-state index in [0.717, 1.165) is 0 Å². The minimum Gasteiger partial charge on any atom is -0.480 e. The first-order chi connectivity index (χ1) is 9.13. The molecule has 6 heteroatoms. The maximum absolute atomic E-state index is 11.8. The Morgan fingerprint density at radius 2 is 2.11 bits per heavy atom. The topological polar surface area (TPSA) is 78.9 Å². The zero-order chi connectivity index (χ0) is 14.1. The summed E-state index contributed by atoms with van der Waals surface area (Å²) >= 11 is 0. The molecule has 1 fully saturated rings. The summed E-state index contributed by atoms with van der Waals surface area (Å²) in [5.74, 6) is 4.69. The first kappa shape index (κ1) is 15.3. The van der Waals surface area contributed by atoms with Crippen molar-refractivity contribution in [3.05, 3.63) is 0 Å². The van der Waals surface area contributed by atoms with Crippen molar-refractivity contribution >= 4 is 12.0 Å². The highest BCUT2D eigenvalue weighted by Crippen LogP contribution is 2.13. The van der Waals surface area contributed by atoms with E-state index >= 15 is 0 Å². The monoisotopic (exact) mass is 268 g/mol. The third-order valence-corrected chi connectivity index (χ3v) is 2.87. The van der Waals surface area contributed by atoms with Crippen LogP contribution in [-0.4, -0.2) is 54.4 Å². The number of nitrogens with one attached hydrogen (secondary N) is 1. The first-order valence-corrected chi connectivity index (χ1v) is 6.39. The van der Waals surface area contributed by atoms with Gasteiger partial charge in [0.15, 0.2) is 0 Å². The lowest BCUT2D eigenvalue weighted by Gasteiger charge is -2.31. The average Bonchev–Trinajstić information content (AvgIpc) is 2.41. The minimum atomic E-state index is -0.961. The Labute approximate surface area is 113 Å². The molecule has 0 saturated carbocycles. The lowest BCUT2D eigenvalue weighted by Crippen LogP contribution is -2.46. The van der Waals surface area contributed by atoms with E-state index in [9.17, 15) is 9.59 Å². The molecule has 0 spiro atoms. The van der Waals surface area contributed by atoms with Crippen molar-refractivity contribution in [1.82, 2.24) is 10.2 Å². The third-order valence-electron chi connectivity index (χ3n) is 2.87. The van der Waals surface area contributed by atoms with Gasteiger partial charge in [-0.2, -0.15) is 0 Å². The molecule has 0 atom stereocenters. The number of hydrogen-bond donors (Lipinski definition) is 2. The molecule has 0 aliphatic carbocycles. The fraction of sp³-hybridized carbons (Fsp3) is 0.692. The van der Waals surface area contributed by atoms with E-state index in [-0.39, 0.29) is 18.7 Å². The van der Waals surface area contributed by atoms with E-state index in [1.165, 1.54) is 0 Å². The molecule has 106 valence electrons. The Morgan fingerprint density at radius 3 is 2.68 bits per heavy atom. The second kappa shape index (κ2) is 8.38. The maximum atomic E-state index is 11.8. The molecule has 0 unspecified atom stereocenters. The number of aliphatic carboxylic acids is 1. The minimum absolute atomic E-state index is 0.0638. The van der Waals surface area contributed by atoms with Crippen LogP contribution in [0.1, 0.15) is 26.2 Å². The van der Waals surface area contributed by atoms with Gasteiger partial charge in [-0.25, -0.2) is 9.59 Å². The number of carboxylic acid groups (broad SMARTS) is 1. The number of carbonyl (C=O) groups excluding carboxylic acids is 1. The molecule has 6 nitrogen and oxygen atoms in total. The molecule has 2 N–H and O–H groups in total. The maximum Gasteiger partial charge on any atom is 0.329 e. The molecule has 1 aliphatic rings. The summed E-state index contributed by atoms with van der Waals surface area (Å²) in [5, 5.41) is 11.3. The van der Waals surface area contributed by atoms with Gasteiger partial charge in [-0.15, -0.1) is 11.8 Å². The van der Waals surface area contributed by atoms with Gasteiger partial charge in [0.05, 0.1) is 6.10 Å². The number of ether oxygens (including phenoxy) is 1. The average molecular weight is 268 g/mol. The molecule has 1 heterocycles. The molecule has 0 radical (unpaired) electrons. The van der Waals surface area contributed by atoms with Crippen LogP contribution in [0.5, 0.6) is 0 Å². The lowest BCUT2D eigenvalue weighted by atomic mass is 10.1. The standard InChI is InChI=1S/C13H20N2O4/c1-2-3-4-7-14-13(18)15-8-5-11(6-9-15)19-10-12(16)17/h11H,4-10H2,1H3,(H,14,18)(H,16,17). The van der Waals surface area contributed by atoms with Gasteiger partial charge < -0.3 is 20.1 Å². The van der Waals surface area contributed by atoms with Crippen LogP contribution in [0.3, 0.4) is 0 Å². The van der Waals surface area contributed by atoms with Crippen molar-refractivity contribution in [2.45, 2.75) is 32.3 Å². The van der Waals surface area contributed by atoms with Gasteiger partial charge in [-0.05, 0) is 19.8 Å². The highest BCUT2D eigenvalue weighted by molar-refractivity contribution is 5.74. The number of carboxylic acids is 1. The highest BCUT2D eigenvalue weighted by atomic mass is 16.5. The second-order valence-corrected chi connectivity index (χ2v) is 4.30. The number of likely N-dealkylation sites (tertiary alicyclic amines) is 1. The largest absolute Gasteiger partial charge is 0.480 e. The lowest BCUT2D eigenvalue weighted by molar-refractivity contribution is -0.145. The molecule has 1 saturated heterocycles. The van der Waals surface area contributed by atoms with Crippen molar-refractivity contribution < 1.29 is 19.4 Å². The summed E-state index contributed by atoms with van der Waals surface area (Å²) in [7, 11) is 0. The van der Waals surface area contributed by atoms with Gasteiger partial charge in [0.2, 0.25) is 0 Å². The van der Waals surface area contributed by atoms with Crippen LogP contribution in [-0.2, 0) is 9.53 Å². The molecule has 0 aromatic heterocycles. The van der Waals surface area contributed by atoms with Crippen LogP contribution in [0.2, 0.25) is 0 Å². The normalized spacial score (nSPS) is 15.5. The van der Waals surface area contributed by atoms with Crippen molar-refractivity contribution in [1.29, 1.82) is 0 Å². The van der Waals surface area contributed by atoms with E-state index in [4.69, 9.17) is 9.84 Å². The molecular formula is C13H20N2O4. The number of nitrogens with zero attached hydrogens (tertiary/aromatic N) is 1. The van der Waals surface area contributed by atoms with E-state index in [0.29, 0.717) is 38.9 Å². The van der Waals surface area contributed by atoms with Gasteiger partial charge in [0.1, 0.15) is 6.61 Å². The molecule has 0 aromatic carbocycles. The van der Waals surface area contributed by atoms with E-state index in [1.807, 2.05) is 0 Å². The van der Waals surface area contributed by atoms with Crippen molar-refractivity contribution in [2.75, 3.05) is 26.2 Å². The SMILES string of the molecule is CC#CCCNC(=O)N1CCC(OCC(=O)O)CC1. The Morgan fingerprint density at radius 1 is 1.42 bits per heavy atom. The summed E-state index contributed by atoms with van der Waals surface area (Å²) in [6.07, 6.45) is 1.94. The van der Waals surface area contributed by atoms with Crippen molar-refractivity contribution in [3.8, 4) is 11.8 Å². The Hall–Kier alpha value is -1.74. The molecule has 0 bridgehead atoms. The predicted octanol–water partition coefficient (Wildman–Crippen LogP) is 0.675. The Bertz CT molecular complexity index is 365. The fourth-order valence-corrected chi connectivity index (χ4v) is 1.88. The second-order valence-electron chi connectivity index (χ2n) is 4.30. The van der Waals surface area contributed by atoms with Crippen LogP contribution >= 0.6 is 0 Å².